The van der Waals surface area contributed by atoms with Gasteiger partial charge in [0.15, 0.2) is 0 Å². The molecule has 1 aromatic carbocycles. The Bertz CT molecular complexity index is 248. The van der Waals surface area contributed by atoms with Crippen molar-refractivity contribution in [3.63, 3.8) is 0 Å². The zero-order valence-corrected chi connectivity index (χ0v) is 7.70. The lowest BCUT2D eigenvalue weighted by atomic mass is 9.80. The predicted octanol–water partition coefficient (Wildman–Crippen LogP) is -0.524. The molecule has 1 rings (SSSR count). The van der Waals surface area contributed by atoms with Crippen molar-refractivity contribution >= 4 is 12.6 Å². The summed E-state index contributed by atoms with van der Waals surface area (Å²) in [5, 5.41) is 20.8. The molecule has 0 radical (unpaired) electrons. The van der Waals surface area contributed by atoms with Gasteiger partial charge in [-0.15, -0.1) is 0 Å². The molecule has 3 nitrogen and oxygen atoms in total. The van der Waals surface area contributed by atoms with Gasteiger partial charge in [0, 0.05) is 6.54 Å². The van der Waals surface area contributed by atoms with Crippen LogP contribution in [0.4, 0.5) is 0 Å². The summed E-state index contributed by atoms with van der Waals surface area (Å²) in [6, 6.07) is 7.21. The van der Waals surface area contributed by atoms with Crippen molar-refractivity contribution in [3.05, 3.63) is 29.8 Å². The molecule has 0 aromatic heterocycles. The molecule has 0 aliphatic heterocycles. The van der Waals surface area contributed by atoms with Crippen molar-refractivity contribution in [2.45, 2.75) is 13.5 Å². The third-order valence-corrected chi connectivity index (χ3v) is 1.86. The molecule has 0 saturated heterocycles. The molecule has 1 aromatic rings. The Morgan fingerprint density at radius 2 is 1.85 bits per heavy atom. The molecule has 0 fully saturated rings. The standard InChI is InChI=1S/C9H14BNO2/c1-2-11-7-8-3-5-9(6-4-8)10(12)13/h3-6,11-13H,2,7H2,1H3. The molecular weight excluding hydrogens is 165 g/mol. The SMILES string of the molecule is CCNCc1ccc(B(O)O)cc1. The summed E-state index contributed by atoms with van der Waals surface area (Å²) in [4.78, 5) is 0. The molecule has 0 bridgehead atoms. The van der Waals surface area contributed by atoms with Crippen LogP contribution in [0.5, 0.6) is 0 Å². The van der Waals surface area contributed by atoms with E-state index in [0.717, 1.165) is 18.7 Å². The van der Waals surface area contributed by atoms with E-state index in [1.165, 1.54) is 0 Å². The van der Waals surface area contributed by atoms with Gasteiger partial charge in [0.1, 0.15) is 0 Å². The Kier molecular flexibility index (Phi) is 3.95. The van der Waals surface area contributed by atoms with E-state index < -0.39 is 7.12 Å². The van der Waals surface area contributed by atoms with Gasteiger partial charge in [-0.25, -0.2) is 0 Å². The molecule has 0 spiro atoms. The lowest BCUT2D eigenvalue weighted by Gasteiger charge is -2.03. The first-order valence-electron chi connectivity index (χ1n) is 4.39. The van der Waals surface area contributed by atoms with E-state index in [9.17, 15) is 0 Å². The van der Waals surface area contributed by atoms with Crippen molar-refractivity contribution in [2.24, 2.45) is 0 Å². The summed E-state index contributed by atoms with van der Waals surface area (Å²) in [7, 11) is -1.37. The van der Waals surface area contributed by atoms with Gasteiger partial charge >= 0.3 is 7.12 Å². The monoisotopic (exact) mass is 179 g/mol. The fourth-order valence-electron chi connectivity index (χ4n) is 1.08. The Balaban J connectivity index is 2.59. The summed E-state index contributed by atoms with van der Waals surface area (Å²) in [6.07, 6.45) is 0. The summed E-state index contributed by atoms with van der Waals surface area (Å²) >= 11 is 0. The Labute approximate surface area is 78.6 Å². The van der Waals surface area contributed by atoms with Crippen molar-refractivity contribution in [3.8, 4) is 0 Å². The normalized spacial score (nSPS) is 10.1. The number of hydrogen-bond acceptors (Lipinski definition) is 3. The highest BCUT2D eigenvalue weighted by Crippen LogP contribution is 1.96. The molecular formula is C9H14BNO2. The second-order valence-electron chi connectivity index (χ2n) is 2.90. The van der Waals surface area contributed by atoms with Crippen molar-refractivity contribution < 1.29 is 10.0 Å². The predicted molar refractivity (Wildman–Crippen MR) is 53.6 cm³/mol. The average Bonchev–Trinajstić information content (AvgIpc) is 2.15. The first kappa shape index (κ1) is 10.2. The van der Waals surface area contributed by atoms with E-state index in [-0.39, 0.29) is 0 Å². The van der Waals surface area contributed by atoms with Crippen molar-refractivity contribution in [2.75, 3.05) is 6.54 Å². The summed E-state index contributed by atoms with van der Waals surface area (Å²) in [5.74, 6) is 0. The van der Waals surface area contributed by atoms with Gasteiger partial charge in [0.2, 0.25) is 0 Å². The van der Waals surface area contributed by atoms with Gasteiger partial charge in [-0.2, -0.15) is 0 Å². The first-order valence-corrected chi connectivity index (χ1v) is 4.39. The molecule has 0 atom stereocenters. The zero-order valence-electron chi connectivity index (χ0n) is 7.70. The minimum Gasteiger partial charge on any atom is -0.423 e. The summed E-state index contributed by atoms with van der Waals surface area (Å²) in [5.41, 5.74) is 1.67. The van der Waals surface area contributed by atoms with Crippen LogP contribution in [0.2, 0.25) is 0 Å². The molecule has 13 heavy (non-hydrogen) atoms. The number of rotatable bonds is 4. The van der Waals surface area contributed by atoms with Gasteiger partial charge in [-0.05, 0) is 17.6 Å². The molecule has 0 heterocycles. The molecule has 0 aliphatic carbocycles. The van der Waals surface area contributed by atoms with Crippen molar-refractivity contribution in [1.29, 1.82) is 0 Å². The average molecular weight is 179 g/mol. The van der Waals surface area contributed by atoms with Crippen molar-refractivity contribution in [1.82, 2.24) is 5.32 Å². The molecule has 0 unspecified atom stereocenters. The topological polar surface area (TPSA) is 52.5 Å². The summed E-state index contributed by atoms with van der Waals surface area (Å²) < 4.78 is 0. The quantitative estimate of drug-likeness (QED) is 0.545. The van der Waals surface area contributed by atoms with Crippen LogP contribution in [0.3, 0.4) is 0 Å². The van der Waals surface area contributed by atoms with Crippen LogP contribution in [-0.4, -0.2) is 23.7 Å². The zero-order chi connectivity index (χ0) is 9.68. The van der Waals surface area contributed by atoms with E-state index in [1.807, 2.05) is 19.1 Å². The lowest BCUT2D eigenvalue weighted by Crippen LogP contribution is -2.29. The fraction of sp³-hybridized carbons (Fsp3) is 0.333. The highest BCUT2D eigenvalue weighted by atomic mass is 16.4. The van der Waals surface area contributed by atoms with E-state index in [2.05, 4.69) is 5.32 Å². The molecule has 0 amide bonds. The second-order valence-corrected chi connectivity index (χ2v) is 2.90. The van der Waals surface area contributed by atoms with Gasteiger partial charge in [-0.3, -0.25) is 0 Å². The lowest BCUT2D eigenvalue weighted by molar-refractivity contribution is 0.426. The third kappa shape index (κ3) is 3.18. The van der Waals surface area contributed by atoms with Crippen LogP contribution in [0.15, 0.2) is 24.3 Å². The minimum absolute atomic E-state index is 0.528. The fourth-order valence-corrected chi connectivity index (χ4v) is 1.08. The largest absolute Gasteiger partial charge is 0.488 e. The molecule has 0 saturated carbocycles. The van der Waals surface area contributed by atoms with Crippen LogP contribution in [0, 0.1) is 0 Å². The van der Waals surface area contributed by atoms with E-state index in [0.29, 0.717) is 5.46 Å². The maximum atomic E-state index is 8.83. The maximum Gasteiger partial charge on any atom is 0.488 e. The maximum absolute atomic E-state index is 8.83. The molecule has 3 N–H and O–H groups in total. The second kappa shape index (κ2) is 5.02. The highest BCUT2D eigenvalue weighted by Gasteiger charge is 2.09. The van der Waals surface area contributed by atoms with E-state index in [4.69, 9.17) is 10.0 Å². The molecule has 4 heteroatoms. The van der Waals surface area contributed by atoms with Gasteiger partial charge in [0.05, 0.1) is 0 Å². The molecule has 0 aliphatic rings. The van der Waals surface area contributed by atoms with Crippen LogP contribution >= 0.6 is 0 Å². The van der Waals surface area contributed by atoms with Gasteiger partial charge in [-0.1, -0.05) is 31.2 Å². The van der Waals surface area contributed by atoms with Crippen LogP contribution < -0.4 is 10.8 Å². The number of nitrogens with one attached hydrogen (secondary N) is 1. The van der Waals surface area contributed by atoms with Crippen LogP contribution in [0.25, 0.3) is 0 Å². The Morgan fingerprint density at radius 3 is 2.31 bits per heavy atom. The Hall–Kier alpha value is -0.835. The first-order chi connectivity index (χ1) is 6.24. The number of benzene rings is 1. The smallest absolute Gasteiger partial charge is 0.423 e. The van der Waals surface area contributed by atoms with Gasteiger partial charge in [0.25, 0.3) is 0 Å². The van der Waals surface area contributed by atoms with E-state index in [1.54, 1.807) is 12.1 Å². The number of hydrogen-bond donors (Lipinski definition) is 3. The van der Waals surface area contributed by atoms with Gasteiger partial charge < -0.3 is 15.4 Å². The highest BCUT2D eigenvalue weighted by molar-refractivity contribution is 6.58. The summed E-state index contributed by atoms with van der Waals surface area (Å²) in [6.45, 7) is 3.80. The van der Waals surface area contributed by atoms with Crippen LogP contribution in [0.1, 0.15) is 12.5 Å². The third-order valence-electron chi connectivity index (χ3n) is 1.86. The van der Waals surface area contributed by atoms with E-state index >= 15 is 0 Å². The minimum atomic E-state index is -1.37. The van der Waals surface area contributed by atoms with Crippen LogP contribution in [-0.2, 0) is 6.54 Å². The Morgan fingerprint density at radius 1 is 1.23 bits per heavy atom. The molecule has 70 valence electrons.